The zero-order valence-corrected chi connectivity index (χ0v) is 19.9. The highest BCUT2D eigenvalue weighted by molar-refractivity contribution is 7.64. The van der Waals surface area contributed by atoms with Crippen LogP contribution in [0, 0.1) is 11.5 Å². The lowest BCUT2D eigenvalue weighted by Crippen LogP contribution is -2.67. The Morgan fingerprint density at radius 3 is 1.48 bits per heavy atom. The molecule has 0 amide bonds. The molecular weight excluding hydrogens is 324 g/mol. The molecule has 3 heteroatoms. The summed E-state index contributed by atoms with van der Waals surface area (Å²) in [4.78, 5) is 0. The summed E-state index contributed by atoms with van der Waals surface area (Å²) >= 11 is 0. The molecule has 0 aliphatic rings. The van der Waals surface area contributed by atoms with E-state index in [2.05, 4.69) is 110 Å². The summed E-state index contributed by atoms with van der Waals surface area (Å²) in [5, 5.41) is 0.810. The third-order valence-corrected chi connectivity index (χ3v) is 40.5. The first-order valence-corrected chi connectivity index (χ1v) is 18.2. The van der Waals surface area contributed by atoms with Crippen LogP contribution in [-0.2, 0) is 0 Å². The first-order chi connectivity index (χ1) is 10.2. The zero-order chi connectivity index (χ0) is 18.1. The van der Waals surface area contributed by atoms with Gasteiger partial charge in [-0.2, -0.15) is 0 Å². The molecule has 0 N–H and O–H groups in total. The van der Waals surface area contributed by atoms with Crippen LogP contribution in [0.4, 0.5) is 0 Å². The van der Waals surface area contributed by atoms with Crippen LogP contribution in [0.3, 0.4) is 0 Å². The normalized spacial score (nSPS) is 13.7. The molecule has 1 aromatic rings. The predicted molar refractivity (Wildman–Crippen MR) is 113 cm³/mol. The molecule has 0 saturated carbocycles. The van der Waals surface area contributed by atoms with Crippen molar-refractivity contribution in [2.24, 2.45) is 0 Å². The lowest BCUT2D eigenvalue weighted by molar-refractivity contribution is 0.727. The van der Waals surface area contributed by atoms with Crippen LogP contribution in [0.5, 0.6) is 0 Å². The Balaban J connectivity index is 3.43. The SMILES string of the molecule is CC(C)(C)[Si](C)(C)[Si](C#Cc1ccccc1)[Si](C)(C)C(C)(C)C. The number of rotatable bonds is 2. The van der Waals surface area contributed by atoms with E-state index in [1.807, 2.05) is 0 Å². The van der Waals surface area contributed by atoms with Crippen LogP contribution >= 0.6 is 0 Å². The topological polar surface area (TPSA) is 0 Å². The van der Waals surface area contributed by atoms with Crippen molar-refractivity contribution in [1.29, 1.82) is 0 Å². The van der Waals surface area contributed by atoms with Gasteiger partial charge < -0.3 is 0 Å². The second-order valence-electron chi connectivity index (χ2n) is 9.74. The second-order valence-corrected chi connectivity index (χ2v) is 32.2. The average Bonchev–Trinajstić information content (AvgIpc) is 2.37. The Morgan fingerprint density at radius 1 is 0.739 bits per heavy atom. The molecule has 0 bridgehead atoms. The van der Waals surface area contributed by atoms with E-state index in [-0.39, 0.29) is 0 Å². The summed E-state index contributed by atoms with van der Waals surface area (Å²) in [5.74, 6) is 3.57. The minimum atomic E-state index is -1.44. The predicted octanol–water partition coefficient (Wildman–Crippen LogP) is 6.25. The van der Waals surface area contributed by atoms with Crippen LogP contribution in [0.15, 0.2) is 30.3 Å². The summed E-state index contributed by atoms with van der Waals surface area (Å²) in [6, 6.07) is 10.5. The number of hydrogen-bond acceptors (Lipinski definition) is 0. The molecule has 0 aromatic heterocycles. The smallest absolute Gasteiger partial charge is 0.126 e. The quantitative estimate of drug-likeness (QED) is 0.432. The molecule has 0 fully saturated rings. The van der Waals surface area contributed by atoms with Crippen molar-refractivity contribution in [1.82, 2.24) is 0 Å². The van der Waals surface area contributed by atoms with Gasteiger partial charge >= 0.3 is 0 Å². The molecule has 23 heavy (non-hydrogen) atoms. The lowest BCUT2D eigenvalue weighted by atomic mass is 10.2. The second kappa shape index (κ2) is 6.74. The molecule has 1 aromatic carbocycles. The molecule has 0 unspecified atom stereocenters. The van der Waals surface area contributed by atoms with Gasteiger partial charge in [0.1, 0.15) is 7.83 Å². The molecule has 0 spiro atoms. The number of benzene rings is 1. The van der Waals surface area contributed by atoms with Gasteiger partial charge in [-0.15, -0.1) is 5.54 Å². The molecule has 0 aliphatic heterocycles. The van der Waals surface area contributed by atoms with Gasteiger partial charge in [0.25, 0.3) is 0 Å². The maximum atomic E-state index is 3.90. The molecule has 0 heterocycles. The summed E-state index contributed by atoms with van der Waals surface area (Å²) in [5.41, 5.74) is 5.08. The van der Waals surface area contributed by atoms with Gasteiger partial charge in [0.05, 0.1) is 15.2 Å². The van der Waals surface area contributed by atoms with Gasteiger partial charge in [-0.25, -0.2) is 0 Å². The highest BCUT2D eigenvalue weighted by Gasteiger charge is 2.54. The fraction of sp³-hybridized carbons (Fsp3) is 0.600. The van der Waals surface area contributed by atoms with Crippen LogP contribution in [0.2, 0.25) is 36.3 Å². The van der Waals surface area contributed by atoms with E-state index in [1.165, 1.54) is 5.56 Å². The van der Waals surface area contributed by atoms with Gasteiger partial charge in [-0.05, 0) is 22.2 Å². The van der Waals surface area contributed by atoms with E-state index in [0.29, 0.717) is 10.1 Å². The Labute approximate surface area is 148 Å². The minimum absolute atomic E-state index is 0.405. The van der Waals surface area contributed by atoms with Crippen molar-refractivity contribution >= 4 is 23.0 Å². The van der Waals surface area contributed by atoms with Crippen LogP contribution in [0.1, 0.15) is 47.1 Å². The van der Waals surface area contributed by atoms with Gasteiger partial charge in [-0.1, -0.05) is 91.9 Å². The molecular formula is C20H35Si3. The molecule has 1 radical (unpaired) electrons. The van der Waals surface area contributed by atoms with Crippen molar-refractivity contribution in [3.63, 3.8) is 0 Å². The Bertz CT molecular complexity index is 549. The van der Waals surface area contributed by atoms with Crippen molar-refractivity contribution < 1.29 is 0 Å². The standard InChI is InChI=1S/C20H35Si3/c1-19(2,3)22(7,8)21(23(9,10)20(4,5)6)17-16-18-14-12-11-13-15-18/h11-15H,1-10H3. The zero-order valence-electron chi connectivity index (χ0n) is 16.9. The third-order valence-electron chi connectivity index (χ3n) is 6.11. The van der Waals surface area contributed by atoms with E-state index < -0.39 is 23.0 Å². The van der Waals surface area contributed by atoms with Gasteiger partial charge in [0, 0.05) is 5.56 Å². The fourth-order valence-corrected chi connectivity index (χ4v) is 38.7. The molecule has 127 valence electrons. The maximum Gasteiger partial charge on any atom is 0.126 e. The summed E-state index contributed by atoms with van der Waals surface area (Å²) < 4.78 is 0. The summed E-state index contributed by atoms with van der Waals surface area (Å²) in [6.07, 6.45) is 0. The number of hydrogen-bond donors (Lipinski definition) is 0. The summed E-state index contributed by atoms with van der Waals surface area (Å²) in [7, 11) is -3.58. The highest BCUT2D eigenvalue weighted by atomic mass is 29.6. The van der Waals surface area contributed by atoms with Crippen LogP contribution in [0.25, 0.3) is 0 Å². The first-order valence-electron chi connectivity index (χ1n) is 8.66. The van der Waals surface area contributed by atoms with Crippen molar-refractivity contribution in [3.05, 3.63) is 35.9 Å². The Kier molecular flexibility index (Phi) is 6.00. The van der Waals surface area contributed by atoms with Crippen LogP contribution in [-0.4, -0.2) is 23.0 Å². The maximum absolute atomic E-state index is 3.90. The fourth-order valence-electron chi connectivity index (χ4n) is 2.50. The van der Waals surface area contributed by atoms with Gasteiger partial charge in [0.2, 0.25) is 0 Å². The van der Waals surface area contributed by atoms with Crippen molar-refractivity contribution in [3.8, 4) is 11.5 Å². The molecule has 0 saturated heterocycles. The van der Waals surface area contributed by atoms with E-state index in [1.54, 1.807) is 0 Å². The van der Waals surface area contributed by atoms with E-state index >= 15 is 0 Å². The molecule has 1 rings (SSSR count). The van der Waals surface area contributed by atoms with Crippen molar-refractivity contribution in [2.75, 3.05) is 0 Å². The van der Waals surface area contributed by atoms with E-state index in [4.69, 9.17) is 0 Å². The Morgan fingerprint density at radius 2 is 1.13 bits per heavy atom. The first kappa shape index (κ1) is 20.5. The summed E-state index contributed by atoms with van der Waals surface area (Å²) in [6.45, 7) is 25.1. The van der Waals surface area contributed by atoms with Crippen molar-refractivity contribution in [2.45, 2.75) is 77.8 Å². The van der Waals surface area contributed by atoms with Gasteiger partial charge in [-0.3, -0.25) is 0 Å². The van der Waals surface area contributed by atoms with Gasteiger partial charge in [0.15, 0.2) is 0 Å². The van der Waals surface area contributed by atoms with E-state index in [9.17, 15) is 0 Å². The average molecular weight is 360 g/mol. The highest BCUT2D eigenvalue weighted by Crippen LogP contribution is 2.45. The lowest BCUT2D eigenvalue weighted by Gasteiger charge is -2.50. The molecule has 0 nitrogen and oxygen atoms in total. The third kappa shape index (κ3) is 4.49. The van der Waals surface area contributed by atoms with E-state index in [0.717, 1.165) is 0 Å². The largest absolute Gasteiger partial charge is 0.134 e. The Hall–Kier alpha value is -0.569. The minimum Gasteiger partial charge on any atom is -0.134 e. The molecule has 0 atom stereocenters. The molecule has 0 aliphatic carbocycles. The monoisotopic (exact) mass is 359 g/mol. The van der Waals surface area contributed by atoms with Crippen LogP contribution < -0.4 is 0 Å².